The minimum Gasteiger partial charge on any atom is -0.374 e. The Bertz CT molecular complexity index is 2620. The van der Waals surface area contributed by atoms with Gasteiger partial charge in [-0.15, -0.1) is 0 Å². The molecule has 1 aliphatic carbocycles. The predicted octanol–water partition coefficient (Wildman–Crippen LogP) is 9.76. The quantitative estimate of drug-likeness (QED) is 0.206. The molecule has 4 heteroatoms. The van der Waals surface area contributed by atoms with E-state index in [9.17, 15) is 0 Å². The topological polar surface area (TPSA) is 33.9 Å². The van der Waals surface area contributed by atoms with E-state index in [0.29, 0.717) is 0 Å². The third-order valence-corrected chi connectivity index (χ3v) is 9.94. The molecule has 10 rings (SSSR count). The van der Waals surface area contributed by atoms with E-state index >= 15 is 0 Å². The Hall–Kier alpha value is -6.26. The van der Waals surface area contributed by atoms with Gasteiger partial charge in [-0.3, -0.25) is 0 Å². The molecular weight excluding hydrogens is 585 g/mol. The van der Waals surface area contributed by atoms with E-state index in [1.807, 2.05) is 0 Å². The second kappa shape index (κ2) is 10.6. The molecule has 3 heterocycles. The number of allylic oxidation sites excluding steroid dienone is 2. The summed E-state index contributed by atoms with van der Waals surface area (Å²) in [5.41, 5.74) is 11.6. The molecular formula is C44H32N4. The Balaban J connectivity index is 1.23. The van der Waals surface area contributed by atoms with Crippen LogP contribution in [0.15, 0.2) is 170 Å². The summed E-state index contributed by atoms with van der Waals surface area (Å²) in [6.45, 7) is 0. The fourth-order valence-electron chi connectivity index (χ4n) is 7.79. The van der Waals surface area contributed by atoms with Crippen molar-refractivity contribution in [2.45, 2.75) is 12.1 Å². The van der Waals surface area contributed by atoms with Crippen molar-refractivity contribution >= 4 is 55.0 Å². The van der Waals surface area contributed by atoms with Crippen LogP contribution >= 0.6 is 0 Å². The summed E-state index contributed by atoms with van der Waals surface area (Å²) in [5.74, 6) is 0. The normalized spacial score (nSPS) is 17.2. The third-order valence-electron chi connectivity index (χ3n) is 9.94. The van der Waals surface area contributed by atoms with E-state index in [1.54, 1.807) is 0 Å². The van der Waals surface area contributed by atoms with Gasteiger partial charge in [0.15, 0.2) is 0 Å². The second-order valence-corrected chi connectivity index (χ2v) is 12.7. The smallest absolute Gasteiger partial charge is 0.0686 e. The van der Waals surface area contributed by atoms with Crippen molar-refractivity contribution in [1.82, 2.24) is 19.8 Å². The molecule has 0 amide bonds. The Morgan fingerprint density at radius 3 is 1.52 bits per heavy atom. The molecule has 0 saturated carbocycles. The summed E-state index contributed by atoms with van der Waals surface area (Å²) in [7, 11) is 0. The molecule has 2 aliphatic rings. The van der Waals surface area contributed by atoms with Gasteiger partial charge in [0.25, 0.3) is 0 Å². The van der Waals surface area contributed by atoms with Gasteiger partial charge in [0.2, 0.25) is 0 Å². The van der Waals surface area contributed by atoms with Crippen molar-refractivity contribution in [3.63, 3.8) is 0 Å². The molecule has 0 bridgehead atoms. The SMILES string of the molecule is C1=CC2NC(c3ccccc3)=C(c3cccc(-n4c5ccccc5c5cc6c7ccccc7n(-c7ccccc7)c6cc54)c3)NC2C=C1. The summed E-state index contributed by atoms with van der Waals surface area (Å²) < 4.78 is 4.84. The van der Waals surface area contributed by atoms with Crippen LogP contribution in [0.1, 0.15) is 11.1 Å². The largest absolute Gasteiger partial charge is 0.374 e. The zero-order valence-electron chi connectivity index (χ0n) is 26.2. The van der Waals surface area contributed by atoms with Crippen LogP contribution in [0.5, 0.6) is 0 Å². The molecule has 228 valence electrons. The van der Waals surface area contributed by atoms with Crippen LogP contribution in [0, 0.1) is 0 Å². The summed E-state index contributed by atoms with van der Waals surface area (Å²) >= 11 is 0. The molecule has 0 radical (unpaired) electrons. The van der Waals surface area contributed by atoms with Crippen molar-refractivity contribution in [2.24, 2.45) is 0 Å². The summed E-state index contributed by atoms with van der Waals surface area (Å²) in [5, 5.41) is 12.8. The van der Waals surface area contributed by atoms with Gasteiger partial charge in [0.1, 0.15) is 0 Å². The number of fused-ring (bicyclic) bond motifs is 7. The average Bonchev–Trinajstić information content (AvgIpc) is 3.66. The van der Waals surface area contributed by atoms with Gasteiger partial charge < -0.3 is 19.8 Å². The van der Waals surface area contributed by atoms with Crippen molar-refractivity contribution in [1.29, 1.82) is 0 Å². The highest BCUT2D eigenvalue weighted by atomic mass is 15.1. The highest BCUT2D eigenvalue weighted by Crippen LogP contribution is 2.40. The van der Waals surface area contributed by atoms with Crippen LogP contribution in [0.25, 0.3) is 66.4 Å². The number of para-hydroxylation sites is 3. The molecule has 2 unspecified atom stereocenters. The monoisotopic (exact) mass is 616 g/mol. The van der Waals surface area contributed by atoms with Crippen LogP contribution < -0.4 is 10.6 Å². The first-order valence-electron chi connectivity index (χ1n) is 16.6. The van der Waals surface area contributed by atoms with Crippen LogP contribution in [-0.2, 0) is 0 Å². The minimum absolute atomic E-state index is 0.169. The van der Waals surface area contributed by atoms with Crippen LogP contribution in [-0.4, -0.2) is 21.2 Å². The van der Waals surface area contributed by atoms with Crippen molar-refractivity contribution in [2.75, 3.05) is 0 Å². The number of benzene rings is 6. The van der Waals surface area contributed by atoms with Crippen molar-refractivity contribution in [3.8, 4) is 11.4 Å². The van der Waals surface area contributed by atoms with Gasteiger partial charge in [-0.05, 0) is 54.1 Å². The van der Waals surface area contributed by atoms with E-state index in [2.05, 4.69) is 190 Å². The maximum absolute atomic E-state index is 3.90. The first-order valence-corrected chi connectivity index (χ1v) is 16.6. The number of aromatic nitrogens is 2. The Morgan fingerprint density at radius 2 is 0.875 bits per heavy atom. The molecule has 6 aromatic carbocycles. The van der Waals surface area contributed by atoms with Gasteiger partial charge in [0.05, 0.1) is 45.5 Å². The van der Waals surface area contributed by atoms with Gasteiger partial charge >= 0.3 is 0 Å². The lowest BCUT2D eigenvalue weighted by Crippen LogP contribution is -2.50. The fourth-order valence-corrected chi connectivity index (χ4v) is 7.79. The number of nitrogens with zero attached hydrogens (tertiary/aromatic N) is 2. The lowest BCUT2D eigenvalue weighted by molar-refractivity contribution is 0.555. The molecule has 4 nitrogen and oxygen atoms in total. The number of hydrogen-bond acceptors (Lipinski definition) is 2. The molecule has 0 saturated heterocycles. The van der Waals surface area contributed by atoms with Gasteiger partial charge in [-0.2, -0.15) is 0 Å². The average molecular weight is 617 g/mol. The molecule has 2 N–H and O–H groups in total. The summed E-state index contributed by atoms with van der Waals surface area (Å²) in [4.78, 5) is 0. The van der Waals surface area contributed by atoms with E-state index < -0.39 is 0 Å². The first kappa shape index (κ1) is 26.9. The molecule has 1 aliphatic heterocycles. The predicted molar refractivity (Wildman–Crippen MR) is 201 cm³/mol. The maximum atomic E-state index is 3.90. The second-order valence-electron chi connectivity index (χ2n) is 12.7. The number of hydrogen-bond donors (Lipinski definition) is 2. The number of rotatable bonds is 4. The Morgan fingerprint density at radius 1 is 0.375 bits per heavy atom. The van der Waals surface area contributed by atoms with Gasteiger partial charge in [-0.25, -0.2) is 0 Å². The standard InChI is InChI=1S/C44H32N4/c1-3-14-29(15-4-1)43-44(46-38-23-10-9-22-37(38)45-43)30-16-13-19-32(26-30)48-40-25-12-8-21-34(40)36-27-35-33-20-7-11-24-39(33)47(41(35)28-42(36)48)31-17-5-2-6-18-31/h1-28,37-38,45-46H. The lowest BCUT2D eigenvalue weighted by atomic mass is 9.94. The third kappa shape index (κ3) is 4.09. The zero-order chi connectivity index (χ0) is 31.6. The Labute approximate surface area is 278 Å². The Kier molecular flexibility index (Phi) is 5.97. The molecule has 2 atom stereocenters. The van der Waals surface area contributed by atoms with E-state index in [1.165, 1.54) is 49.2 Å². The molecule has 0 fully saturated rings. The van der Waals surface area contributed by atoms with Crippen molar-refractivity contribution < 1.29 is 0 Å². The van der Waals surface area contributed by atoms with E-state index in [0.717, 1.165) is 28.3 Å². The summed E-state index contributed by atoms with van der Waals surface area (Å²) in [6, 6.07) is 53.0. The van der Waals surface area contributed by atoms with E-state index in [4.69, 9.17) is 0 Å². The van der Waals surface area contributed by atoms with Gasteiger partial charge in [-0.1, -0.05) is 121 Å². The molecule has 48 heavy (non-hydrogen) atoms. The highest BCUT2D eigenvalue weighted by Gasteiger charge is 2.28. The molecule has 8 aromatic rings. The lowest BCUT2D eigenvalue weighted by Gasteiger charge is -2.36. The van der Waals surface area contributed by atoms with Crippen LogP contribution in [0.4, 0.5) is 0 Å². The van der Waals surface area contributed by atoms with E-state index in [-0.39, 0.29) is 12.1 Å². The number of nitrogens with one attached hydrogen (secondary N) is 2. The van der Waals surface area contributed by atoms with Crippen molar-refractivity contribution in [3.05, 3.63) is 181 Å². The first-order chi connectivity index (χ1) is 23.8. The van der Waals surface area contributed by atoms with Crippen LogP contribution in [0.2, 0.25) is 0 Å². The summed E-state index contributed by atoms with van der Waals surface area (Å²) in [6.07, 6.45) is 8.74. The zero-order valence-corrected chi connectivity index (χ0v) is 26.2. The maximum Gasteiger partial charge on any atom is 0.0686 e. The molecule has 2 aromatic heterocycles. The van der Waals surface area contributed by atoms with Crippen LogP contribution in [0.3, 0.4) is 0 Å². The van der Waals surface area contributed by atoms with Gasteiger partial charge in [0, 0.05) is 38.5 Å². The fraction of sp³-hybridized carbons (Fsp3) is 0.0455. The molecule has 0 spiro atoms. The minimum atomic E-state index is 0.169. The highest BCUT2D eigenvalue weighted by molar-refractivity contribution is 6.19.